The summed E-state index contributed by atoms with van der Waals surface area (Å²) in [4.78, 5) is 15.7. The molecule has 1 fully saturated rings. The summed E-state index contributed by atoms with van der Waals surface area (Å²) in [5.74, 6) is 0. The largest absolute Gasteiger partial charge is 0.444 e. The van der Waals surface area contributed by atoms with Crippen LogP contribution in [0.2, 0.25) is 0 Å². The lowest BCUT2D eigenvalue weighted by Crippen LogP contribution is -2.50. The van der Waals surface area contributed by atoms with E-state index in [9.17, 15) is 22.2 Å². The van der Waals surface area contributed by atoms with E-state index in [0.717, 1.165) is 12.1 Å². The molecule has 0 spiro atoms. The molecule has 6 nitrogen and oxygen atoms in total. The summed E-state index contributed by atoms with van der Waals surface area (Å²) in [5, 5.41) is 0. The SMILES string of the molecule is CC(C)(C)OC(=O)N1CCN(c2ccc(C(F)(F)F)cc2C=NS(=O)C(C)(C)C)CC1. The Morgan fingerprint density at radius 1 is 1.06 bits per heavy atom. The zero-order valence-electron chi connectivity index (χ0n) is 18.7. The Morgan fingerprint density at radius 3 is 2.13 bits per heavy atom. The molecule has 1 unspecified atom stereocenters. The molecule has 1 saturated heterocycles. The highest BCUT2D eigenvalue weighted by molar-refractivity contribution is 7.85. The Kier molecular flexibility index (Phi) is 7.45. The maximum Gasteiger partial charge on any atom is 0.416 e. The Bertz CT molecular complexity index is 850. The van der Waals surface area contributed by atoms with Gasteiger partial charge in [0.05, 0.1) is 10.3 Å². The van der Waals surface area contributed by atoms with Crippen molar-refractivity contribution >= 4 is 29.0 Å². The predicted octanol–water partition coefficient (Wildman–Crippen LogP) is 4.64. The molecule has 0 aliphatic carbocycles. The summed E-state index contributed by atoms with van der Waals surface area (Å²) in [6.45, 7) is 12.2. The molecule has 0 aromatic heterocycles. The number of carbonyl (C=O) groups is 1. The molecule has 31 heavy (non-hydrogen) atoms. The Hall–Kier alpha value is -2.10. The molecule has 1 amide bonds. The molecule has 0 N–H and O–H groups in total. The molecule has 174 valence electrons. The van der Waals surface area contributed by atoms with Gasteiger partial charge in [0.2, 0.25) is 0 Å². The summed E-state index contributed by atoms with van der Waals surface area (Å²) in [6.07, 6.45) is -3.67. The minimum atomic E-state index is -4.50. The molecular formula is C21H30F3N3O3S. The van der Waals surface area contributed by atoms with Gasteiger partial charge < -0.3 is 14.5 Å². The van der Waals surface area contributed by atoms with Crippen LogP contribution < -0.4 is 4.90 Å². The molecule has 0 bridgehead atoms. The second kappa shape index (κ2) is 9.18. The van der Waals surface area contributed by atoms with Crippen molar-refractivity contribution in [3.63, 3.8) is 0 Å². The van der Waals surface area contributed by atoms with Crippen molar-refractivity contribution in [1.82, 2.24) is 4.90 Å². The lowest BCUT2D eigenvalue weighted by atomic mass is 10.1. The molecule has 1 aliphatic rings. The van der Waals surface area contributed by atoms with Crippen LogP contribution in [-0.2, 0) is 21.9 Å². The van der Waals surface area contributed by atoms with Crippen LogP contribution >= 0.6 is 0 Å². The van der Waals surface area contributed by atoms with Gasteiger partial charge in [-0.25, -0.2) is 9.00 Å². The van der Waals surface area contributed by atoms with E-state index in [1.165, 1.54) is 12.3 Å². The second-order valence-corrected chi connectivity index (χ2v) is 11.3. The van der Waals surface area contributed by atoms with Gasteiger partial charge in [-0.15, -0.1) is 0 Å². The summed E-state index contributed by atoms with van der Waals surface area (Å²) < 4.78 is 60.7. The number of rotatable bonds is 3. The summed E-state index contributed by atoms with van der Waals surface area (Å²) in [5.41, 5.74) is -0.621. The van der Waals surface area contributed by atoms with Gasteiger partial charge in [-0.3, -0.25) is 0 Å². The number of ether oxygens (including phenoxy) is 1. The molecule has 10 heteroatoms. The Balaban J connectivity index is 2.25. The number of hydrogen-bond acceptors (Lipinski definition) is 4. The van der Waals surface area contributed by atoms with Crippen molar-refractivity contribution in [3.05, 3.63) is 29.3 Å². The van der Waals surface area contributed by atoms with Crippen molar-refractivity contribution in [2.45, 2.75) is 58.1 Å². The van der Waals surface area contributed by atoms with E-state index in [1.807, 2.05) is 4.90 Å². The first-order valence-corrected chi connectivity index (χ1v) is 11.1. The van der Waals surface area contributed by atoms with Crippen molar-refractivity contribution in [3.8, 4) is 0 Å². The van der Waals surface area contributed by atoms with Crippen LogP contribution in [0, 0.1) is 0 Å². The minimum absolute atomic E-state index is 0.234. The lowest BCUT2D eigenvalue weighted by Gasteiger charge is -2.37. The average Bonchev–Trinajstić information content (AvgIpc) is 2.63. The standard InChI is InChI=1S/C21H30F3N3O3S/c1-19(2,3)30-18(28)27-11-9-26(10-12-27)17-8-7-16(21(22,23)24)13-15(17)14-25-31(29)20(4,5)6/h7-8,13-14H,9-12H2,1-6H3. The third-order valence-corrected chi connectivity index (χ3v) is 5.78. The number of nitrogens with zero attached hydrogens (tertiary/aromatic N) is 3. The van der Waals surface area contributed by atoms with E-state index >= 15 is 0 Å². The maximum absolute atomic E-state index is 13.2. The van der Waals surface area contributed by atoms with E-state index in [-0.39, 0.29) is 5.56 Å². The normalized spacial score (nSPS) is 17.2. The number of amides is 1. The number of alkyl halides is 3. The van der Waals surface area contributed by atoms with E-state index in [4.69, 9.17) is 4.74 Å². The molecule has 0 saturated carbocycles. The molecule has 1 aromatic carbocycles. The zero-order chi connectivity index (χ0) is 23.6. The fourth-order valence-electron chi connectivity index (χ4n) is 2.84. The monoisotopic (exact) mass is 461 g/mol. The van der Waals surface area contributed by atoms with Gasteiger partial charge in [-0.05, 0) is 59.7 Å². The van der Waals surface area contributed by atoms with Crippen LogP contribution in [0.3, 0.4) is 0 Å². The Morgan fingerprint density at radius 2 is 1.65 bits per heavy atom. The van der Waals surface area contributed by atoms with Crippen LogP contribution in [0.5, 0.6) is 0 Å². The number of hydrogen-bond donors (Lipinski definition) is 0. The smallest absolute Gasteiger partial charge is 0.416 e. The fourth-order valence-corrected chi connectivity index (χ4v) is 3.37. The van der Waals surface area contributed by atoms with Crippen LogP contribution in [0.4, 0.5) is 23.7 Å². The number of benzene rings is 1. The van der Waals surface area contributed by atoms with Crippen molar-refractivity contribution in [1.29, 1.82) is 0 Å². The highest BCUT2D eigenvalue weighted by Gasteiger charge is 2.32. The fraction of sp³-hybridized carbons (Fsp3) is 0.619. The van der Waals surface area contributed by atoms with Crippen LogP contribution in [0.1, 0.15) is 52.7 Å². The van der Waals surface area contributed by atoms with Crippen molar-refractivity contribution < 1.29 is 26.9 Å². The van der Waals surface area contributed by atoms with E-state index in [0.29, 0.717) is 31.9 Å². The molecule has 0 radical (unpaired) electrons. The van der Waals surface area contributed by atoms with Crippen molar-refractivity contribution in [2.24, 2.45) is 4.40 Å². The third kappa shape index (κ3) is 7.22. The van der Waals surface area contributed by atoms with Crippen LogP contribution in [0.15, 0.2) is 22.6 Å². The molecule has 1 aromatic rings. The van der Waals surface area contributed by atoms with Crippen LogP contribution in [-0.4, -0.2) is 57.9 Å². The minimum Gasteiger partial charge on any atom is -0.444 e. The number of piperazine rings is 1. The first kappa shape index (κ1) is 25.2. The second-order valence-electron chi connectivity index (χ2n) is 9.32. The molecule has 2 rings (SSSR count). The van der Waals surface area contributed by atoms with E-state index in [2.05, 4.69) is 4.40 Å². The zero-order valence-corrected chi connectivity index (χ0v) is 19.6. The number of anilines is 1. The average molecular weight is 462 g/mol. The van der Waals surface area contributed by atoms with Gasteiger partial charge in [-0.1, -0.05) is 0 Å². The first-order chi connectivity index (χ1) is 14.1. The number of halogens is 3. The van der Waals surface area contributed by atoms with Gasteiger partial charge in [0, 0.05) is 43.6 Å². The van der Waals surface area contributed by atoms with Gasteiger partial charge >= 0.3 is 12.3 Å². The summed E-state index contributed by atoms with van der Waals surface area (Å²) in [6, 6.07) is 3.43. The first-order valence-electron chi connectivity index (χ1n) is 9.98. The van der Waals surface area contributed by atoms with E-state index in [1.54, 1.807) is 46.4 Å². The molecule has 1 aliphatic heterocycles. The molecular weight excluding hydrogens is 431 g/mol. The van der Waals surface area contributed by atoms with Gasteiger partial charge in [-0.2, -0.15) is 17.6 Å². The van der Waals surface area contributed by atoms with Crippen LogP contribution in [0.25, 0.3) is 0 Å². The predicted molar refractivity (Wildman–Crippen MR) is 117 cm³/mol. The highest BCUT2D eigenvalue weighted by atomic mass is 32.2. The Labute approximate surface area is 184 Å². The van der Waals surface area contributed by atoms with Crippen molar-refractivity contribution in [2.75, 3.05) is 31.1 Å². The summed E-state index contributed by atoms with van der Waals surface area (Å²) in [7, 11) is -1.60. The lowest BCUT2D eigenvalue weighted by molar-refractivity contribution is -0.137. The summed E-state index contributed by atoms with van der Waals surface area (Å²) >= 11 is 0. The van der Waals surface area contributed by atoms with Gasteiger partial charge in [0.25, 0.3) is 0 Å². The van der Waals surface area contributed by atoms with Gasteiger partial charge in [0.1, 0.15) is 16.6 Å². The number of carbonyl (C=O) groups excluding carboxylic acids is 1. The van der Waals surface area contributed by atoms with E-state index < -0.39 is 39.2 Å². The maximum atomic E-state index is 13.2. The highest BCUT2D eigenvalue weighted by Crippen LogP contribution is 2.33. The quantitative estimate of drug-likeness (QED) is 0.615. The van der Waals surface area contributed by atoms with Gasteiger partial charge in [0.15, 0.2) is 0 Å². The molecule has 1 heterocycles. The third-order valence-electron chi connectivity index (χ3n) is 4.44. The topological polar surface area (TPSA) is 62.2 Å². The molecule has 1 atom stereocenters.